The number of carbonyl (C=O) groups excluding carboxylic acids is 2. The fourth-order valence-electron chi connectivity index (χ4n) is 3.10. The number of hydrogen-bond acceptors (Lipinski definition) is 4. The van der Waals surface area contributed by atoms with Gasteiger partial charge in [-0.2, -0.15) is 0 Å². The minimum Gasteiger partial charge on any atom is -0.445 e. The molecule has 5 heteroatoms. The lowest BCUT2D eigenvalue weighted by molar-refractivity contribution is -0.129. The van der Waals surface area contributed by atoms with Gasteiger partial charge in [0.05, 0.1) is 5.41 Å². The largest absolute Gasteiger partial charge is 0.445 e. The molecule has 2 fully saturated rings. The van der Waals surface area contributed by atoms with E-state index in [2.05, 4.69) is 5.32 Å². The van der Waals surface area contributed by atoms with Crippen LogP contribution in [0.5, 0.6) is 0 Å². The Hall–Kier alpha value is -1.88. The van der Waals surface area contributed by atoms with Crippen LogP contribution in [0.25, 0.3) is 0 Å². The lowest BCUT2D eigenvalue weighted by atomic mass is 9.79. The molecule has 0 bridgehead atoms. The molecule has 1 atom stereocenters. The standard InChI is InChI=1S/C16H20N2O3/c19-14-6-8-17-11-16(14)7-9-18(12-16)15(20)21-10-13-4-2-1-3-5-13/h1-5,17H,6-12H2. The molecule has 112 valence electrons. The van der Waals surface area contributed by atoms with Crippen LogP contribution >= 0.6 is 0 Å². The third-order valence-corrected chi connectivity index (χ3v) is 4.40. The van der Waals surface area contributed by atoms with Gasteiger partial charge >= 0.3 is 6.09 Å². The molecular formula is C16H20N2O3. The quantitative estimate of drug-likeness (QED) is 0.897. The first-order valence-electron chi connectivity index (χ1n) is 7.39. The van der Waals surface area contributed by atoms with Gasteiger partial charge in [0.25, 0.3) is 0 Å². The van der Waals surface area contributed by atoms with E-state index in [-0.39, 0.29) is 23.9 Å². The molecule has 1 amide bonds. The van der Waals surface area contributed by atoms with Gasteiger partial charge in [-0.3, -0.25) is 4.79 Å². The molecule has 1 spiro atoms. The number of hydrogen-bond donors (Lipinski definition) is 1. The molecule has 2 saturated heterocycles. The number of carbonyl (C=O) groups is 2. The van der Waals surface area contributed by atoms with Gasteiger partial charge in [0.1, 0.15) is 12.4 Å². The highest BCUT2D eigenvalue weighted by Crippen LogP contribution is 2.34. The maximum absolute atomic E-state index is 12.1. The third-order valence-electron chi connectivity index (χ3n) is 4.40. The number of piperidine rings is 1. The van der Waals surface area contributed by atoms with Crippen molar-refractivity contribution in [1.82, 2.24) is 10.2 Å². The maximum Gasteiger partial charge on any atom is 0.410 e. The van der Waals surface area contributed by atoms with Crippen molar-refractivity contribution in [2.75, 3.05) is 26.2 Å². The lowest BCUT2D eigenvalue weighted by Crippen LogP contribution is -2.49. The van der Waals surface area contributed by atoms with Gasteiger partial charge in [-0.05, 0) is 12.0 Å². The second-order valence-electron chi connectivity index (χ2n) is 5.84. The number of likely N-dealkylation sites (tertiary alicyclic amines) is 1. The van der Waals surface area contributed by atoms with Crippen LogP contribution in [0.4, 0.5) is 4.79 Å². The molecule has 5 nitrogen and oxygen atoms in total. The Kier molecular flexibility index (Phi) is 3.92. The summed E-state index contributed by atoms with van der Waals surface area (Å²) >= 11 is 0. The van der Waals surface area contributed by atoms with Crippen molar-refractivity contribution in [2.45, 2.75) is 19.4 Å². The second-order valence-corrected chi connectivity index (χ2v) is 5.84. The first kappa shape index (κ1) is 14.1. The first-order chi connectivity index (χ1) is 10.2. The second kappa shape index (κ2) is 5.85. The van der Waals surface area contributed by atoms with Crippen LogP contribution in [0.2, 0.25) is 0 Å². The summed E-state index contributed by atoms with van der Waals surface area (Å²) in [5.74, 6) is 0.277. The van der Waals surface area contributed by atoms with Crippen molar-refractivity contribution in [2.24, 2.45) is 5.41 Å². The molecule has 1 aromatic carbocycles. The van der Waals surface area contributed by atoms with Crippen LogP contribution in [0.15, 0.2) is 30.3 Å². The number of nitrogens with one attached hydrogen (secondary N) is 1. The van der Waals surface area contributed by atoms with Gasteiger partial charge in [0.15, 0.2) is 0 Å². The van der Waals surface area contributed by atoms with Crippen molar-refractivity contribution in [3.63, 3.8) is 0 Å². The fourth-order valence-corrected chi connectivity index (χ4v) is 3.10. The van der Waals surface area contributed by atoms with Crippen molar-refractivity contribution in [1.29, 1.82) is 0 Å². The number of ketones is 1. The molecule has 0 radical (unpaired) electrons. The van der Waals surface area contributed by atoms with E-state index in [1.807, 2.05) is 30.3 Å². The zero-order valence-electron chi connectivity index (χ0n) is 12.0. The molecule has 21 heavy (non-hydrogen) atoms. The summed E-state index contributed by atoms with van der Waals surface area (Å²) in [5.41, 5.74) is 0.583. The molecular weight excluding hydrogens is 268 g/mol. The third kappa shape index (κ3) is 2.93. The average molecular weight is 288 g/mol. The van der Waals surface area contributed by atoms with Gasteiger partial charge < -0.3 is 15.0 Å². The first-order valence-corrected chi connectivity index (χ1v) is 7.39. The molecule has 2 aliphatic rings. The smallest absolute Gasteiger partial charge is 0.410 e. The number of nitrogens with zero attached hydrogens (tertiary/aromatic N) is 1. The van der Waals surface area contributed by atoms with E-state index in [1.165, 1.54) is 0 Å². The highest BCUT2D eigenvalue weighted by atomic mass is 16.6. The van der Waals surface area contributed by atoms with E-state index in [9.17, 15) is 9.59 Å². The Morgan fingerprint density at radius 3 is 2.90 bits per heavy atom. The van der Waals surface area contributed by atoms with Gasteiger partial charge in [-0.1, -0.05) is 30.3 Å². The SMILES string of the molecule is O=C(OCc1ccccc1)N1CCC2(CNCCC2=O)C1. The zero-order valence-corrected chi connectivity index (χ0v) is 12.0. The van der Waals surface area contributed by atoms with Crippen molar-refractivity contribution >= 4 is 11.9 Å². The van der Waals surface area contributed by atoms with E-state index in [0.717, 1.165) is 18.5 Å². The van der Waals surface area contributed by atoms with Gasteiger partial charge in [-0.15, -0.1) is 0 Å². The van der Waals surface area contributed by atoms with E-state index < -0.39 is 0 Å². The Balaban J connectivity index is 1.56. The fraction of sp³-hybridized carbons (Fsp3) is 0.500. The topological polar surface area (TPSA) is 58.6 Å². The van der Waals surface area contributed by atoms with E-state index in [4.69, 9.17) is 4.74 Å². The Morgan fingerprint density at radius 2 is 2.14 bits per heavy atom. The molecule has 0 aromatic heterocycles. The van der Waals surface area contributed by atoms with Gasteiger partial charge in [0, 0.05) is 32.6 Å². The van der Waals surface area contributed by atoms with Crippen LogP contribution < -0.4 is 5.32 Å². The summed E-state index contributed by atoms with van der Waals surface area (Å²) in [6, 6.07) is 9.61. The summed E-state index contributed by atoms with van der Waals surface area (Å²) in [6.45, 7) is 2.77. The molecule has 2 heterocycles. The molecule has 3 rings (SSSR count). The van der Waals surface area contributed by atoms with Gasteiger partial charge in [-0.25, -0.2) is 4.79 Å². The zero-order chi connectivity index (χ0) is 14.7. The monoisotopic (exact) mass is 288 g/mol. The Morgan fingerprint density at radius 1 is 1.33 bits per heavy atom. The minimum atomic E-state index is -0.385. The van der Waals surface area contributed by atoms with E-state index >= 15 is 0 Å². The summed E-state index contributed by atoms with van der Waals surface area (Å²) in [4.78, 5) is 25.9. The molecule has 1 unspecified atom stereocenters. The Bertz CT molecular complexity index is 532. The predicted molar refractivity (Wildman–Crippen MR) is 77.7 cm³/mol. The highest BCUT2D eigenvalue weighted by molar-refractivity contribution is 5.87. The van der Waals surface area contributed by atoms with Crippen LogP contribution in [0.3, 0.4) is 0 Å². The number of Topliss-reactive ketones (excluding diaryl/α,β-unsaturated/α-hetero) is 1. The van der Waals surface area contributed by atoms with Gasteiger partial charge in [0.2, 0.25) is 0 Å². The lowest BCUT2D eigenvalue weighted by Gasteiger charge is -2.32. The summed E-state index contributed by atoms with van der Waals surface area (Å²) < 4.78 is 5.34. The normalized spacial score (nSPS) is 25.3. The van der Waals surface area contributed by atoms with Crippen LogP contribution in [-0.4, -0.2) is 43.0 Å². The minimum absolute atomic E-state index is 0.273. The predicted octanol–water partition coefficient (Wildman–Crippen LogP) is 1.58. The molecule has 1 aromatic rings. The summed E-state index contributed by atoms with van der Waals surface area (Å²) in [5, 5.41) is 3.27. The molecule has 0 saturated carbocycles. The number of rotatable bonds is 2. The number of benzene rings is 1. The number of ether oxygens (including phenoxy) is 1. The highest BCUT2D eigenvalue weighted by Gasteiger charge is 2.46. The van der Waals surface area contributed by atoms with Crippen molar-refractivity contribution < 1.29 is 14.3 Å². The van der Waals surface area contributed by atoms with E-state index in [0.29, 0.717) is 26.1 Å². The van der Waals surface area contributed by atoms with Crippen LogP contribution in [0.1, 0.15) is 18.4 Å². The maximum atomic E-state index is 12.1. The summed E-state index contributed by atoms with van der Waals surface area (Å²) in [7, 11) is 0. The average Bonchev–Trinajstić information content (AvgIpc) is 2.94. The van der Waals surface area contributed by atoms with Crippen molar-refractivity contribution in [3.8, 4) is 0 Å². The van der Waals surface area contributed by atoms with Crippen molar-refractivity contribution in [3.05, 3.63) is 35.9 Å². The number of amides is 1. The molecule has 0 aliphatic carbocycles. The molecule has 2 aliphatic heterocycles. The summed E-state index contributed by atoms with van der Waals surface area (Å²) in [6.07, 6.45) is 0.973. The Labute approximate surface area is 124 Å². The molecule has 1 N–H and O–H groups in total. The van der Waals surface area contributed by atoms with E-state index in [1.54, 1.807) is 4.90 Å². The van der Waals surface area contributed by atoms with Crippen LogP contribution in [0, 0.1) is 5.41 Å². The van der Waals surface area contributed by atoms with Crippen LogP contribution in [-0.2, 0) is 16.1 Å².